The van der Waals surface area contributed by atoms with E-state index in [1.165, 1.54) is 12.8 Å². The first-order valence-corrected chi connectivity index (χ1v) is 4.51. The highest BCUT2D eigenvalue weighted by atomic mass is 16.2. The number of rotatable bonds is 3. The van der Waals surface area contributed by atoms with Crippen molar-refractivity contribution in [2.75, 3.05) is 13.6 Å². The first-order chi connectivity index (χ1) is 6.27. The first-order valence-electron chi connectivity index (χ1n) is 4.51. The van der Waals surface area contributed by atoms with Crippen LogP contribution in [0.5, 0.6) is 0 Å². The minimum Gasteiger partial charge on any atom is -0.341 e. The molecular weight excluding hydrogens is 166 g/mol. The highest BCUT2D eigenvalue weighted by Gasteiger charge is 2.25. The van der Waals surface area contributed by atoms with Gasteiger partial charge in [-0.25, -0.2) is 0 Å². The Kier molecular flexibility index (Phi) is 2.04. The van der Waals surface area contributed by atoms with Crippen LogP contribution >= 0.6 is 0 Å². The molecule has 13 heavy (non-hydrogen) atoms. The van der Waals surface area contributed by atoms with Gasteiger partial charge in [0.1, 0.15) is 0 Å². The number of amides is 1. The van der Waals surface area contributed by atoms with Gasteiger partial charge < -0.3 is 4.90 Å². The van der Waals surface area contributed by atoms with Gasteiger partial charge in [-0.2, -0.15) is 5.10 Å². The van der Waals surface area contributed by atoms with Crippen LogP contribution in [0.4, 0.5) is 0 Å². The summed E-state index contributed by atoms with van der Waals surface area (Å²) in [5.41, 5.74) is 0.642. The van der Waals surface area contributed by atoms with Gasteiger partial charge >= 0.3 is 0 Å². The maximum Gasteiger partial charge on any atom is 0.256 e. The minimum absolute atomic E-state index is 0.0562. The quantitative estimate of drug-likeness (QED) is 0.749. The van der Waals surface area contributed by atoms with Crippen LogP contribution in [0, 0.1) is 5.92 Å². The molecule has 0 bridgehead atoms. The van der Waals surface area contributed by atoms with Crippen molar-refractivity contribution in [3.63, 3.8) is 0 Å². The maximum absolute atomic E-state index is 11.6. The molecule has 0 aromatic carbocycles. The normalized spacial score (nSPS) is 15.8. The molecule has 1 amide bonds. The second kappa shape index (κ2) is 3.20. The first kappa shape index (κ1) is 8.29. The molecule has 1 aromatic rings. The van der Waals surface area contributed by atoms with E-state index in [1.54, 1.807) is 17.3 Å². The van der Waals surface area contributed by atoms with Gasteiger partial charge in [0, 0.05) is 19.8 Å². The Labute approximate surface area is 76.9 Å². The molecule has 1 aliphatic rings. The summed E-state index contributed by atoms with van der Waals surface area (Å²) >= 11 is 0. The lowest BCUT2D eigenvalue weighted by Crippen LogP contribution is -2.28. The lowest BCUT2D eigenvalue weighted by atomic mass is 10.3. The highest BCUT2D eigenvalue weighted by molar-refractivity contribution is 5.93. The van der Waals surface area contributed by atoms with Crippen molar-refractivity contribution < 1.29 is 4.79 Å². The van der Waals surface area contributed by atoms with Gasteiger partial charge in [-0.3, -0.25) is 9.89 Å². The Morgan fingerprint density at radius 1 is 1.77 bits per heavy atom. The molecule has 1 N–H and O–H groups in total. The maximum atomic E-state index is 11.6. The summed E-state index contributed by atoms with van der Waals surface area (Å²) in [6, 6.07) is 0. The predicted octanol–water partition coefficient (Wildman–Crippen LogP) is 0.892. The van der Waals surface area contributed by atoms with E-state index < -0.39 is 0 Å². The summed E-state index contributed by atoms with van der Waals surface area (Å²) in [6.07, 6.45) is 5.73. The van der Waals surface area contributed by atoms with Gasteiger partial charge in [0.05, 0.1) is 11.8 Å². The molecule has 0 spiro atoms. The van der Waals surface area contributed by atoms with E-state index in [2.05, 4.69) is 10.2 Å². The van der Waals surface area contributed by atoms with E-state index >= 15 is 0 Å². The predicted molar refractivity (Wildman–Crippen MR) is 48.3 cm³/mol. The van der Waals surface area contributed by atoms with E-state index in [0.29, 0.717) is 5.56 Å². The number of H-pyrrole nitrogens is 1. The van der Waals surface area contributed by atoms with Crippen LogP contribution < -0.4 is 0 Å². The van der Waals surface area contributed by atoms with Crippen LogP contribution in [0.15, 0.2) is 12.4 Å². The van der Waals surface area contributed by atoms with Crippen molar-refractivity contribution in [1.82, 2.24) is 15.1 Å². The SMILES string of the molecule is CN(CC1CC1)C(=O)c1cn[nH]c1. The summed E-state index contributed by atoms with van der Waals surface area (Å²) in [6.45, 7) is 0.879. The Morgan fingerprint density at radius 3 is 3.08 bits per heavy atom. The highest BCUT2D eigenvalue weighted by Crippen LogP contribution is 2.29. The Bertz CT molecular complexity index is 290. The number of carbonyl (C=O) groups is 1. The van der Waals surface area contributed by atoms with E-state index in [1.807, 2.05) is 7.05 Å². The molecule has 1 aromatic heterocycles. The van der Waals surface area contributed by atoms with Crippen molar-refractivity contribution in [3.05, 3.63) is 18.0 Å². The fourth-order valence-corrected chi connectivity index (χ4v) is 1.36. The Balaban J connectivity index is 1.95. The fourth-order valence-electron chi connectivity index (χ4n) is 1.36. The van der Waals surface area contributed by atoms with Crippen LogP contribution in [0.2, 0.25) is 0 Å². The number of nitrogens with zero attached hydrogens (tertiary/aromatic N) is 2. The number of hydrogen-bond acceptors (Lipinski definition) is 2. The van der Waals surface area contributed by atoms with Gasteiger partial charge in [0.15, 0.2) is 0 Å². The van der Waals surface area contributed by atoms with Crippen LogP contribution in [-0.2, 0) is 0 Å². The zero-order valence-electron chi connectivity index (χ0n) is 7.66. The molecule has 4 nitrogen and oxygen atoms in total. The summed E-state index contributed by atoms with van der Waals surface area (Å²) in [5, 5.41) is 6.38. The van der Waals surface area contributed by atoms with Crippen LogP contribution in [0.3, 0.4) is 0 Å². The molecule has 1 fully saturated rings. The van der Waals surface area contributed by atoms with Crippen molar-refractivity contribution in [1.29, 1.82) is 0 Å². The van der Waals surface area contributed by atoms with Gasteiger partial charge in [-0.05, 0) is 18.8 Å². The summed E-state index contributed by atoms with van der Waals surface area (Å²) in [4.78, 5) is 13.4. The molecule has 0 aliphatic heterocycles. The lowest BCUT2D eigenvalue weighted by molar-refractivity contribution is 0.0789. The third kappa shape index (κ3) is 1.88. The molecular formula is C9H13N3O. The topological polar surface area (TPSA) is 49.0 Å². The molecule has 0 saturated heterocycles. The van der Waals surface area contributed by atoms with Crippen LogP contribution in [0.25, 0.3) is 0 Å². The Morgan fingerprint density at radius 2 is 2.54 bits per heavy atom. The molecule has 0 atom stereocenters. The second-order valence-electron chi connectivity index (χ2n) is 3.62. The zero-order valence-corrected chi connectivity index (χ0v) is 7.66. The molecule has 4 heteroatoms. The van der Waals surface area contributed by atoms with E-state index in [-0.39, 0.29) is 5.91 Å². The van der Waals surface area contributed by atoms with Crippen LogP contribution in [0.1, 0.15) is 23.2 Å². The van der Waals surface area contributed by atoms with Crippen molar-refractivity contribution in [2.24, 2.45) is 5.92 Å². The van der Waals surface area contributed by atoms with Crippen LogP contribution in [-0.4, -0.2) is 34.6 Å². The van der Waals surface area contributed by atoms with Gasteiger partial charge in [0.25, 0.3) is 5.91 Å². The monoisotopic (exact) mass is 179 g/mol. The van der Waals surface area contributed by atoms with Gasteiger partial charge in [-0.15, -0.1) is 0 Å². The number of aromatic amines is 1. The van der Waals surface area contributed by atoms with E-state index in [0.717, 1.165) is 12.5 Å². The molecule has 70 valence electrons. The lowest BCUT2D eigenvalue weighted by Gasteiger charge is -2.15. The largest absolute Gasteiger partial charge is 0.341 e. The summed E-state index contributed by atoms with van der Waals surface area (Å²) < 4.78 is 0. The van der Waals surface area contributed by atoms with Gasteiger partial charge in [0.2, 0.25) is 0 Å². The third-order valence-corrected chi connectivity index (χ3v) is 2.32. The molecule has 0 radical (unpaired) electrons. The molecule has 1 heterocycles. The number of nitrogens with one attached hydrogen (secondary N) is 1. The van der Waals surface area contributed by atoms with E-state index in [4.69, 9.17) is 0 Å². The standard InChI is InChI=1S/C9H13N3O/c1-12(6-7-2-3-7)9(13)8-4-10-11-5-8/h4-5,7H,2-3,6H2,1H3,(H,10,11). The molecule has 1 saturated carbocycles. The molecule has 2 rings (SSSR count). The summed E-state index contributed by atoms with van der Waals surface area (Å²) in [7, 11) is 1.84. The fraction of sp³-hybridized carbons (Fsp3) is 0.556. The minimum atomic E-state index is 0.0562. The number of carbonyl (C=O) groups excluding carboxylic acids is 1. The smallest absolute Gasteiger partial charge is 0.256 e. The third-order valence-electron chi connectivity index (χ3n) is 2.32. The van der Waals surface area contributed by atoms with Crippen molar-refractivity contribution in [3.8, 4) is 0 Å². The van der Waals surface area contributed by atoms with Crippen molar-refractivity contribution >= 4 is 5.91 Å². The zero-order chi connectivity index (χ0) is 9.26. The average Bonchev–Trinajstić information content (AvgIpc) is 2.78. The molecule has 1 aliphatic carbocycles. The van der Waals surface area contributed by atoms with E-state index in [9.17, 15) is 4.79 Å². The average molecular weight is 179 g/mol. The Hall–Kier alpha value is -1.32. The van der Waals surface area contributed by atoms with Crippen molar-refractivity contribution in [2.45, 2.75) is 12.8 Å². The number of aromatic nitrogens is 2. The summed E-state index contributed by atoms with van der Waals surface area (Å²) in [5.74, 6) is 0.793. The number of hydrogen-bond donors (Lipinski definition) is 1. The molecule has 0 unspecified atom stereocenters. The second-order valence-corrected chi connectivity index (χ2v) is 3.62. The van der Waals surface area contributed by atoms with Gasteiger partial charge in [-0.1, -0.05) is 0 Å².